The van der Waals surface area contributed by atoms with Crippen LogP contribution >= 0.6 is 0 Å². The summed E-state index contributed by atoms with van der Waals surface area (Å²) >= 11 is 0. The van der Waals surface area contributed by atoms with Gasteiger partial charge in [0.1, 0.15) is 5.82 Å². The lowest BCUT2D eigenvalue weighted by Crippen LogP contribution is -2.49. The molecule has 1 aliphatic heterocycles. The zero-order valence-corrected chi connectivity index (χ0v) is 8.90. The molecule has 16 heavy (non-hydrogen) atoms. The van der Waals surface area contributed by atoms with Gasteiger partial charge in [0, 0.05) is 12.7 Å². The van der Waals surface area contributed by atoms with E-state index in [-0.39, 0.29) is 5.91 Å². The number of rotatable bonds is 2. The number of aromatic nitrogens is 1. The Labute approximate surface area is 93.6 Å². The Kier molecular flexibility index (Phi) is 3.07. The zero-order valence-electron chi connectivity index (χ0n) is 8.90. The number of amides is 1. The van der Waals surface area contributed by atoms with Crippen molar-refractivity contribution < 1.29 is 9.82 Å². The molecule has 1 unspecified atom stereocenters. The Morgan fingerprint density at radius 3 is 3.25 bits per heavy atom. The second-order valence-electron chi connectivity index (χ2n) is 3.66. The van der Waals surface area contributed by atoms with Crippen molar-refractivity contribution in [2.45, 2.75) is 12.9 Å². The maximum atomic E-state index is 11.8. The minimum Gasteiger partial charge on any atom is -0.437 e. The van der Waals surface area contributed by atoms with E-state index in [1.165, 1.54) is 0 Å². The summed E-state index contributed by atoms with van der Waals surface area (Å²) in [5.74, 6) is 0.464. The third-order valence-electron chi connectivity index (χ3n) is 2.30. The van der Waals surface area contributed by atoms with Gasteiger partial charge >= 0.3 is 7.05 Å². The summed E-state index contributed by atoms with van der Waals surface area (Å²) in [5, 5.41) is 17.7. The summed E-state index contributed by atoms with van der Waals surface area (Å²) in [6, 6.07) is 3.05. The van der Waals surface area contributed by atoms with Gasteiger partial charge in [-0.25, -0.2) is 4.98 Å². The molecule has 0 aromatic carbocycles. The van der Waals surface area contributed by atoms with E-state index in [2.05, 4.69) is 20.8 Å². The fraction of sp³-hybridized carbons (Fsp3) is 0.333. The number of carbonyl (C=O) groups excluding carboxylic acids is 1. The van der Waals surface area contributed by atoms with Gasteiger partial charge in [-0.2, -0.15) is 0 Å². The molecule has 1 aliphatic rings. The number of pyridine rings is 1. The van der Waals surface area contributed by atoms with Gasteiger partial charge in [-0.3, -0.25) is 4.79 Å². The van der Waals surface area contributed by atoms with E-state index in [4.69, 9.17) is 0 Å². The fourth-order valence-corrected chi connectivity index (χ4v) is 1.58. The molecule has 0 fully saturated rings. The first-order chi connectivity index (χ1) is 7.66. The van der Waals surface area contributed by atoms with Gasteiger partial charge < -0.3 is 20.9 Å². The number of hydrogen-bond acceptors (Lipinski definition) is 5. The number of fused-ring (bicyclic) bond motifs is 1. The standard InChI is InChI=1S/C9H13BN4O2/c1-10(16)14-7-5-12-8-6(13-9(7)15)3-2-4-11-8/h2-4,7,14,16H,5H2,1H3,(H,11,12)(H,13,15). The first kappa shape index (κ1) is 10.9. The van der Waals surface area contributed by atoms with Crippen LogP contribution in [0.1, 0.15) is 0 Å². The Hall–Kier alpha value is -1.60. The minimum absolute atomic E-state index is 0.180. The SMILES string of the molecule is CB(O)NC1CNc2ncccc2NC1=O. The van der Waals surface area contributed by atoms with Crippen LogP contribution in [-0.4, -0.2) is 35.6 Å². The molecule has 4 N–H and O–H groups in total. The Morgan fingerprint density at radius 1 is 1.69 bits per heavy atom. The van der Waals surface area contributed by atoms with Crippen LogP contribution in [0.5, 0.6) is 0 Å². The van der Waals surface area contributed by atoms with Crippen molar-refractivity contribution in [3.63, 3.8) is 0 Å². The maximum Gasteiger partial charge on any atom is 0.374 e. The summed E-state index contributed by atoms with van der Waals surface area (Å²) in [5.41, 5.74) is 0.655. The van der Waals surface area contributed by atoms with Crippen LogP contribution in [0.2, 0.25) is 6.82 Å². The predicted molar refractivity (Wildman–Crippen MR) is 62.1 cm³/mol. The lowest BCUT2D eigenvalue weighted by Gasteiger charge is -2.15. The van der Waals surface area contributed by atoms with Crippen LogP contribution < -0.4 is 15.9 Å². The summed E-state index contributed by atoms with van der Waals surface area (Å²) in [7, 11) is -0.730. The van der Waals surface area contributed by atoms with Crippen LogP contribution in [-0.2, 0) is 4.79 Å². The summed E-state index contributed by atoms with van der Waals surface area (Å²) in [4.78, 5) is 15.9. The Balaban J connectivity index is 2.15. The number of carbonyl (C=O) groups is 1. The van der Waals surface area contributed by atoms with Crippen LogP contribution in [0.3, 0.4) is 0 Å². The predicted octanol–water partition coefficient (Wildman–Crippen LogP) is -0.486. The second-order valence-corrected chi connectivity index (χ2v) is 3.66. The van der Waals surface area contributed by atoms with Crippen molar-refractivity contribution >= 4 is 24.5 Å². The van der Waals surface area contributed by atoms with E-state index >= 15 is 0 Å². The molecule has 0 saturated carbocycles. The molecule has 0 spiro atoms. The largest absolute Gasteiger partial charge is 0.437 e. The molecule has 1 aromatic rings. The van der Waals surface area contributed by atoms with Crippen molar-refractivity contribution in [2.24, 2.45) is 0 Å². The summed E-state index contributed by atoms with van der Waals surface area (Å²) in [6.45, 7) is 1.96. The maximum absolute atomic E-state index is 11.8. The highest BCUT2D eigenvalue weighted by atomic mass is 16.2. The number of nitrogens with zero attached hydrogens (tertiary/aromatic N) is 1. The number of nitrogens with one attached hydrogen (secondary N) is 3. The molecule has 1 aromatic heterocycles. The van der Waals surface area contributed by atoms with E-state index in [0.717, 1.165) is 0 Å². The van der Waals surface area contributed by atoms with Gasteiger partial charge in [0.15, 0.2) is 0 Å². The average molecular weight is 220 g/mol. The van der Waals surface area contributed by atoms with Gasteiger partial charge in [-0.1, -0.05) is 0 Å². The highest BCUT2D eigenvalue weighted by molar-refractivity contribution is 6.46. The molecular formula is C9H13BN4O2. The van der Waals surface area contributed by atoms with Crippen LogP contribution in [0.4, 0.5) is 11.5 Å². The first-order valence-corrected chi connectivity index (χ1v) is 5.10. The summed E-state index contributed by atoms with van der Waals surface area (Å²) < 4.78 is 0. The molecule has 84 valence electrons. The van der Waals surface area contributed by atoms with E-state index < -0.39 is 13.1 Å². The van der Waals surface area contributed by atoms with E-state index in [0.29, 0.717) is 18.1 Å². The number of anilines is 2. The van der Waals surface area contributed by atoms with Gasteiger partial charge in [0.05, 0.1) is 11.7 Å². The molecule has 0 aliphatic carbocycles. The smallest absolute Gasteiger partial charge is 0.374 e. The highest BCUT2D eigenvalue weighted by Crippen LogP contribution is 2.20. The number of hydrogen-bond donors (Lipinski definition) is 4. The Morgan fingerprint density at radius 2 is 2.50 bits per heavy atom. The van der Waals surface area contributed by atoms with E-state index in [1.807, 2.05) is 0 Å². The van der Waals surface area contributed by atoms with Crippen molar-refractivity contribution in [2.75, 3.05) is 17.2 Å². The zero-order chi connectivity index (χ0) is 11.5. The van der Waals surface area contributed by atoms with Crippen molar-refractivity contribution in [1.29, 1.82) is 0 Å². The molecule has 2 rings (SSSR count). The first-order valence-electron chi connectivity index (χ1n) is 5.10. The van der Waals surface area contributed by atoms with Gasteiger partial charge in [-0.15, -0.1) is 0 Å². The molecule has 0 radical (unpaired) electrons. The molecule has 2 heterocycles. The van der Waals surface area contributed by atoms with E-state index in [9.17, 15) is 9.82 Å². The molecule has 0 saturated heterocycles. The van der Waals surface area contributed by atoms with Crippen molar-refractivity contribution in [1.82, 2.24) is 10.2 Å². The van der Waals surface area contributed by atoms with Crippen molar-refractivity contribution in [3.8, 4) is 0 Å². The minimum atomic E-state index is -0.730. The lowest BCUT2D eigenvalue weighted by molar-refractivity contribution is -0.117. The Bertz CT molecular complexity index is 399. The molecule has 6 nitrogen and oxygen atoms in total. The second kappa shape index (κ2) is 4.50. The molecular weight excluding hydrogens is 207 g/mol. The highest BCUT2D eigenvalue weighted by Gasteiger charge is 2.25. The third-order valence-corrected chi connectivity index (χ3v) is 2.30. The summed E-state index contributed by atoms with van der Waals surface area (Å²) in [6.07, 6.45) is 1.65. The lowest BCUT2D eigenvalue weighted by atomic mass is 9.87. The molecule has 0 bridgehead atoms. The quantitative estimate of drug-likeness (QED) is 0.505. The van der Waals surface area contributed by atoms with Gasteiger partial charge in [-0.05, 0) is 19.0 Å². The van der Waals surface area contributed by atoms with Crippen LogP contribution in [0.15, 0.2) is 18.3 Å². The van der Waals surface area contributed by atoms with E-state index in [1.54, 1.807) is 25.2 Å². The van der Waals surface area contributed by atoms with Crippen LogP contribution in [0.25, 0.3) is 0 Å². The average Bonchev–Trinajstić information content (AvgIpc) is 2.39. The molecule has 1 atom stereocenters. The van der Waals surface area contributed by atoms with Crippen molar-refractivity contribution in [3.05, 3.63) is 18.3 Å². The van der Waals surface area contributed by atoms with Gasteiger partial charge in [0.25, 0.3) is 0 Å². The third kappa shape index (κ3) is 2.31. The monoisotopic (exact) mass is 220 g/mol. The fourth-order valence-electron chi connectivity index (χ4n) is 1.58. The topological polar surface area (TPSA) is 86.3 Å². The normalized spacial score (nSPS) is 19.1. The molecule has 1 amide bonds. The van der Waals surface area contributed by atoms with Gasteiger partial charge in [0.2, 0.25) is 5.91 Å². The van der Waals surface area contributed by atoms with Crippen LogP contribution in [0, 0.1) is 0 Å². The molecule has 7 heteroatoms.